The summed E-state index contributed by atoms with van der Waals surface area (Å²) in [5.41, 5.74) is 10.4. The van der Waals surface area contributed by atoms with Gasteiger partial charge in [-0.25, -0.2) is 14.6 Å². The zero-order valence-corrected chi connectivity index (χ0v) is 34.7. The Balaban J connectivity index is 0.741. The van der Waals surface area contributed by atoms with Crippen LogP contribution in [0.3, 0.4) is 0 Å². The number of thioether (sulfide) groups is 1. The maximum absolute atomic E-state index is 13.4. The van der Waals surface area contributed by atoms with Crippen LogP contribution in [0.4, 0.5) is 5.82 Å². The largest absolute Gasteiger partial charge is 0.457 e. The molecule has 8 rings (SSSR count). The number of unbranched alkanes of at least 4 members (excludes halogenated alkanes) is 7. The van der Waals surface area contributed by atoms with Crippen LogP contribution >= 0.6 is 11.8 Å². The average Bonchev–Trinajstić information content (AvgIpc) is 3.82. The summed E-state index contributed by atoms with van der Waals surface area (Å²) in [6, 6.07) is 22.6. The molecule has 13 nitrogen and oxygen atoms in total. The first-order valence-electron chi connectivity index (χ1n) is 21.3. The summed E-state index contributed by atoms with van der Waals surface area (Å²) in [6.45, 7) is 1.75. The number of hydrogen-bond donors (Lipinski definition) is 2. The topological polar surface area (TPSA) is 166 Å². The van der Waals surface area contributed by atoms with E-state index in [-0.39, 0.29) is 36.1 Å². The number of nitrogen functional groups attached to an aromatic ring is 1. The van der Waals surface area contributed by atoms with Crippen molar-refractivity contribution >= 4 is 52.2 Å². The number of imide groups is 1. The molecule has 3 aromatic carbocycles. The monoisotopic (exact) mass is 828 g/mol. The van der Waals surface area contributed by atoms with Crippen molar-refractivity contribution in [1.29, 1.82) is 0 Å². The zero-order chi connectivity index (χ0) is 41.4. The van der Waals surface area contributed by atoms with E-state index in [2.05, 4.69) is 21.4 Å². The molecule has 3 N–H and O–H groups in total. The molecule has 2 saturated heterocycles. The lowest BCUT2D eigenvalue weighted by Crippen LogP contribution is -2.52. The number of nitrogens with one attached hydrogen (secondary N) is 1. The second-order valence-corrected chi connectivity index (χ2v) is 17.1. The maximum Gasteiger partial charge on any atom is 0.255 e. The molecule has 312 valence electrons. The summed E-state index contributed by atoms with van der Waals surface area (Å²) < 4.78 is 7.94. The van der Waals surface area contributed by atoms with E-state index in [1.54, 1.807) is 16.7 Å². The molecular formula is C46H52N8O5S. The summed E-state index contributed by atoms with van der Waals surface area (Å²) in [5.74, 6) is 2.25. The Labute approximate surface area is 354 Å². The summed E-state index contributed by atoms with van der Waals surface area (Å²) in [7, 11) is 0. The molecule has 2 atom stereocenters. The van der Waals surface area contributed by atoms with E-state index in [9.17, 15) is 19.2 Å². The van der Waals surface area contributed by atoms with Crippen molar-refractivity contribution in [3.8, 4) is 22.8 Å². The summed E-state index contributed by atoms with van der Waals surface area (Å²) >= 11 is 1.78. The lowest BCUT2D eigenvalue weighted by atomic mass is 10.0. The first kappa shape index (κ1) is 41.0. The van der Waals surface area contributed by atoms with Crippen molar-refractivity contribution < 1.29 is 23.9 Å². The minimum atomic E-state index is -0.594. The van der Waals surface area contributed by atoms with E-state index in [1.165, 1.54) is 25.6 Å². The van der Waals surface area contributed by atoms with Crippen molar-refractivity contribution in [3.63, 3.8) is 0 Å². The summed E-state index contributed by atoms with van der Waals surface area (Å²) in [4.78, 5) is 64.2. The second-order valence-electron chi connectivity index (χ2n) is 15.9. The van der Waals surface area contributed by atoms with Gasteiger partial charge in [0.25, 0.3) is 5.91 Å². The van der Waals surface area contributed by atoms with Gasteiger partial charge in [-0.3, -0.25) is 24.5 Å². The van der Waals surface area contributed by atoms with Crippen LogP contribution in [-0.2, 0) is 20.9 Å². The molecular weight excluding hydrogens is 777 g/mol. The van der Waals surface area contributed by atoms with Gasteiger partial charge in [-0.2, -0.15) is 5.10 Å². The van der Waals surface area contributed by atoms with Crippen LogP contribution in [0.5, 0.6) is 11.5 Å². The predicted molar refractivity (Wildman–Crippen MR) is 231 cm³/mol. The fraction of sp³-hybridized carbons (Fsp3) is 0.413. The van der Waals surface area contributed by atoms with Crippen molar-refractivity contribution in [2.24, 2.45) is 0 Å². The lowest BCUT2D eigenvalue weighted by Gasteiger charge is -2.33. The van der Waals surface area contributed by atoms with E-state index < -0.39 is 6.04 Å². The van der Waals surface area contributed by atoms with Crippen LogP contribution in [0.15, 0.2) is 84.0 Å². The minimum absolute atomic E-state index is 0.0135. The lowest BCUT2D eigenvalue weighted by molar-refractivity contribution is -0.137. The molecule has 4 amide bonds. The van der Waals surface area contributed by atoms with Crippen molar-refractivity contribution in [2.45, 2.75) is 107 Å². The average molecular weight is 829 g/mol. The molecule has 0 bridgehead atoms. The van der Waals surface area contributed by atoms with E-state index in [4.69, 9.17) is 15.6 Å². The Morgan fingerprint density at radius 2 is 1.60 bits per heavy atom. The quantitative estimate of drug-likeness (QED) is 0.0532. The van der Waals surface area contributed by atoms with Crippen LogP contribution < -0.4 is 15.8 Å². The number of amides is 4. The van der Waals surface area contributed by atoms with Crippen LogP contribution in [-0.4, -0.2) is 78.1 Å². The van der Waals surface area contributed by atoms with Gasteiger partial charge in [0, 0.05) is 48.5 Å². The number of carbonyl (C=O) groups is 4. The molecule has 5 aromatic rings. The third kappa shape index (κ3) is 9.33. The van der Waals surface area contributed by atoms with E-state index in [0.717, 1.165) is 84.8 Å². The Morgan fingerprint density at radius 1 is 0.850 bits per heavy atom. The smallest absolute Gasteiger partial charge is 0.255 e. The highest BCUT2D eigenvalue weighted by Crippen LogP contribution is 2.37. The number of fused-ring (bicyclic) bond motifs is 2. The highest BCUT2D eigenvalue weighted by Gasteiger charge is 2.40. The number of nitrogens with zero attached hydrogens (tertiary/aromatic N) is 6. The normalized spacial score (nSPS) is 17.9. The van der Waals surface area contributed by atoms with Crippen LogP contribution in [0, 0.1) is 0 Å². The van der Waals surface area contributed by atoms with Gasteiger partial charge >= 0.3 is 0 Å². The number of rotatable bonds is 17. The van der Waals surface area contributed by atoms with Crippen LogP contribution in [0.25, 0.3) is 22.3 Å². The van der Waals surface area contributed by atoms with Gasteiger partial charge in [0.1, 0.15) is 35.4 Å². The SMILES string of the molecule is Nc1ncnc2c1c(-c1ccc(Oc3ccccc3)cc1)nn2C1CCCN(C(=O)CCCCCCCCCCSc2cccc3c2CN(C2CCC(=O)NC2=O)C3=O)C1. The number of ether oxygens (including phenoxy) is 1. The molecule has 3 aliphatic heterocycles. The number of hydrogen-bond acceptors (Lipinski definition) is 10. The van der Waals surface area contributed by atoms with E-state index in [1.807, 2.05) is 76.3 Å². The molecule has 3 aliphatic rings. The fourth-order valence-electron chi connectivity index (χ4n) is 8.61. The van der Waals surface area contributed by atoms with Gasteiger partial charge in [0.15, 0.2) is 5.65 Å². The standard InChI is InChI=1S/C46H52N8O5S/c47-43-41-42(31-20-22-34(23-21-31)59-33-15-8-7-9-16-33)51-54(44(41)49-30-48-43)32-14-13-26-52(28-32)40(56)19-10-5-3-1-2-4-6-11-27-60-38-18-12-17-35-36(38)29-53(46(35)58)37-24-25-39(55)50-45(37)57/h7-9,12,15-18,20-23,30,32,37H,1-6,10-11,13-14,19,24-29H2,(H2,47,48,49)(H,50,55,57). The first-order chi connectivity index (χ1) is 29.3. The van der Waals surface area contributed by atoms with E-state index >= 15 is 0 Å². The van der Waals surface area contributed by atoms with Crippen molar-refractivity contribution in [3.05, 3.63) is 90.3 Å². The number of anilines is 1. The molecule has 0 radical (unpaired) electrons. The molecule has 2 aromatic heterocycles. The first-order valence-corrected chi connectivity index (χ1v) is 22.3. The third-order valence-electron chi connectivity index (χ3n) is 11.8. The number of piperidine rings is 2. The molecule has 14 heteroatoms. The van der Waals surface area contributed by atoms with Gasteiger partial charge in [-0.1, -0.05) is 62.8 Å². The molecule has 5 heterocycles. The summed E-state index contributed by atoms with van der Waals surface area (Å²) in [6.07, 6.45) is 13.3. The Morgan fingerprint density at radius 3 is 2.38 bits per heavy atom. The molecule has 2 unspecified atom stereocenters. The summed E-state index contributed by atoms with van der Waals surface area (Å²) in [5, 5.41) is 8.14. The highest BCUT2D eigenvalue weighted by molar-refractivity contribution is 7.99. The van der Waals surface area contributed by atoms with Gasteiger partial charge in [-0.15, -0.1) is 11.8 Å². The molecule has 0 aliphatic carbocycles. The number of benzene rings is 3. The van der Waals surface area contributed by atoms with Crippen LogP contribution in [0.2, 0.25) is 0 Å². The number of carbonyl (C=O) groups excluding carboxylic acids is 4. The Hall–Kier alpha value is -5.76. The van der Waals surface area contributed by atoms with E-state index in [0.29, 0.717) is 54.0 Å². The zero-order valence-electron chi connectivity index (χ0n) is 33.9. The van der Waals surface area contributed by atoms with Gasteiger partial charge in [0.05, 0.1) is 11.4 Å². The van der Waals surface area contributed by atoms with Crippen LogP contribution in [0.1, 0.15) is 105 Å². The molecule has 2 fully saturated rings. The molecule has 60 heavy (non-hydrogen) atoms. The van der Waals surface area contributed by atoms with Crippen molar-refractivity contribution in [1.82, 2.24) is 34.9 Å². The van der Waals surface area contributed by atoms with Gasteiger partial charge in [0.2, 0.25) is 17.7 Å². The predicted octanol–water partition coefficient (Wildman–Crippen LogP) is 8.10. The van der Waals surface area contributed by atoms with Crippen molar-refractivity contribution in [2.75, 3.05) is 24.6 Å². The maximum atomic E-state index is 13.4. The number of aromatic nitrogens is 4. The number of likely N-dealkylation sites (tertiary alicyclic amines) is 1. The Kier molecular flexibility index (Phi) is 13.0. The highest BCUT2D eigenvalue weighted by atomic mass is 32.2. The third-order valence-corrected chi connectivity index (χ3v) is 13.0. The number of para-hydroxylation sites is 1. The van der Waals surface area contributed by atoms with Gasteiger partial charge in [-0.05, 0) is 92.0 Å². The number of nitrogens with two attached hydrogens (primary N) is 1. The second kappa shape index (κ2) is 19.1. The molecule has 0 saturated carbocycles. The fourth-order valence-corrected chi connectivity index (χ4v) is 9.70. The minimum Gasteiger partial charge on any atom is -0.457 e. The van der Waals surface area contributed by atoms with Gasteiger partial charge < -0.3 is 20.3 Å². The Bertz CT molecular complexity index is 2330. The molecule has 0 spiro atoms.